The van der Waals surface area contributed by atoms with Crippen molar-refractivity contribution in [3.8, 4) is 5.75 Å². The van der Waals surface area contributed by atoms with E-state index < -0.39 is 0 Å². The van der Waals surface area contributed by atoms with Gasteiger partial charge in [-0.25, -0.2) is 0 Å². The SMILES string of the molecule is C=CCCC(NC)c1sccc1OC. The summed E-state index contributed by atoms with van der Waals surface area (Å²) in [6.45, 7) is 3.74. The smallest absolute Gasteiger partial charge is 0.134 e. The van der Waals surface area contributed by atoms with Crippen molar-refractivity contribution in [2.24, 2.45) is 0 Å². The van der Waals surface area contributed by atoms with Crippen molar-refractivity contribution in [3.63, 3.8) is 0 Å². The fourth-order valence-corrected chi connectivity index (χ4v) is 2.43. The Hall–Kier alpha value is -0.800. The maximum Gasteiger partial charge on any atom is 0.134 e. The number of hydrogen-bond donors (Lipinski definition) is 1. The van der Waals surface area contributed by atoms with Crippen LogP contribution in [0.15, 0.2) is 24.1 Å². The van der Waals surface area contributed by atoms with E-state index in [1.54, 1.807) is 18.4 Å². The number of ether oxygens (including phenoxy) is 1. The van der Waals surface area contributed by atoms with Gasteiger partial charge in [-0.15, -0.1) is 17.9 Å². The molecule has 1 N–H and O–H groups in total. The minimum absolute atomic E-state index is 0.378. The Kier molecular flexibility index (Phi) is 4.70. The number of methoxy groups -OCH3 is 1. The summed E-state index contributed by atoms with van der Waals surface area (Å²) in [5.74, 6) is 0.985. The fraction of sp³-hybridized carbons (Fsp3) is 0.455. The molecular weight excluding hydrogens is 194 g/mol. The quantitative estimate of drug-likeness (QED) is 0.730. The van der Waals surface area contributed by atoms with Gasteiger partial charge < -0.3 is 10.1 Å². The normalized spacial score (nSPS) is 12.4. The van der Waals surface area contributed by atoms with E-state index in [2.05, 4.69) is 17.3 Å². The molecule has 1 rings (SSSR count). The number of nitrogens with one attached hydrogen (secondary N) is 1. The van der Waals surface area contributed by atoms with E-state index in [0.717, 1.165) is 18.6 Å². The maximum absolute atomic E-state index is 5.29. The Bertz CT molecular complexity index is 283. The van der Waals surface area contributed by atoms with Crippen LogP contribution in [0.25, 0.3) is 0 Å². The molecule has 1 unspecified atom stereocenters. The summed E-state index contributed by atoms with van der Waals surface area (Å²) >= 11 is 1.74. The average Bonchev–Trinajstić information content (AvgIpc) is 2.67. The minimum atomic E-state index is 0.378. The average molecular weight is 211 g/mol. The van der Waals surface area contributed by atoms with Gasteiger partial charge in [0, 0.05) is 6.04 Å². The van der Waals surface area contributed by atoms with Crippen molar-refractivity contribution in [1.82, 2.24) is 5.32 Å². The second-order valence-corrected chi connectivity index (χ2v) is 4.01. The van der Waals surface area contributed by atoms with Crippen LogP contribution in [0.5, 0.6) is 5.75 Å². The molecule has 0 aliphatic heterocycles. The van der Waals surface area contributed by atoms with Gasteiger partial charge in [-0.1, -0.05) is 6.08 Å². The molecule has 1 aromatic rings. The lowest BCUT2D eigenvalue weighted by atomic mass is 10.1. The van der Waals surface area contributed by atoms with E-state index in [1.807, 2.05) is 19.2 Å². The molecule has 3 heteroatoms. The van der Waals surface area contributed by atoms with Crippen LogP contribution < -0.4 is 10.1 Å². The fourth-order valence-electron chi connectivity index (χ4n) is 1.42. The van der Waals surface area contributed by atoms with Crippen molar-refractivity contribution in [3.05, 3.63) is 29.0 Å². The zero-order valence-electron chi connectivity index (χ0n) is 8.75. The first-order valence-corrected chi connectivity index (χ1v) is 5.61. The van der Waals surface area contributed by atoms with Crippen LogP contribution in [-0.2, 0) is 0 Å². The first-order valence-electron chi connectivity index (χ1n) is 4.73. The highest BCUT2D eigenvalue weighted by molar-refractivity contribution is 7.10. The van der Waals surface area contributed by atoms with E-state index in [9.17, 15) is 0 Å². The van der Waals surface area contributed by atoms with Crippen LogP contribution in [0.3, 0.4) is 0 Å². The van der Waals surface area contributed by atoms with Gasteiger partial charge in [-0.3, -0.25) is 0 Å². The predicted octanol–water partition coefficient (Wildman–Crippen LogP) is 2.98. The summed E-state index contributed by atoms with van der Waals surface area (Å²) in [5.41, 5.74) is 0. The highest BCUT2D eigenvalue weighted by atomic mass is 32.1. The van der Waals surface area contributed by atoms with Gasteiger partial charge in [0.25, 0.3) is 0 Å². The third-order valence-electron chi connectivity index (χ3n) is 2.20. The molecule has 0 spiro atoms. The van der Waals surface area contributed by atoms with Gasteiger partial charge in [-0.05, 0) is 31.3 Å². The third-order valence-corrected chi connectivity index (χ3v) is 3.21. The lowest BCUT2D eigenvalue weighted by molar-refractivity contribution is 0.403. The first-order chi connectivity index (χ1) is 6.83. The first kappa shape index (κ1) is 11.3. The standard InChI is InChI=1S/C11H17NOS/c1-4-5-6-9(12-2)11-10(13-3)7-8-14-11/h4,7-9,12H,1,5-6H2,2-3H3. The Morgan fingerprint density at radius 1 is 1.71 bits per heavy atom. The number of allylic oxidation sites excluding steroid dienone is 1. The lowest BCUT2D eigenvalue weighted by Gasteiger charge is -2.14. The van der Waals surface area contributed by atoms with E-state index in [4.69, 9.17) is 4.74 Å². The monoisotopic (exact) mass is 211 g/mol. The molecule has 0 aromatic carbocycles. The van der Waals surface area contributed by atoms with E-state index in [1.165, 1.54) is 4.88 Å². The summed E-state index contributed by atoms with van der Waals surface area (Å²) in [7, 11) is 3.69. The van der Waals surface area contributed by atoms with Crippen molar-refractivity contribution in [1.29, 1.82) is 0 Å². The number of thiophene rings is 1. The second-order valence-electron chi connectivity index (χ2n) is 3.06. The zero-order valence-corrected chi connectivity index (χ0v) is 9.56. The molecule has 1 heterocycles. The molecular formula is C11H17NOS. The van der Waals surface area contributed by atoms with Gasteiger partial charge in [0.1, 0.15) is 5.75 Å². The molecule has 0 saturated carbocycles. The summed E-state index contributed by atoms with van der Waals surface area (Å²) in [6.07, 6.45) is 4.04. The molecule has 0 aliphatic carbocycles. The maximum atomic E-state index is 5.29. The Morgan fingerprint density at radius 3 is 3.07 bits per heavy atom. The van der Waals surface area contributed by atoms with Crippen LogP contribution >= 0.6 is 11.3 Å². The molecule has 1 aromatic heterocycles. The molecule has 0 amide bonds. The molecule has 0 bridgehead atoms. The molecule has 78 valence electrons. The molecule has 14 heavy (non-hydrogen) atoms. The van der Waals surface area contributed by atoms with Crippen LogP contribution in [0, 0.1) is 0 Å². The summed E-state index contributed by atoms with van der Waals surface area (Å²) in [5, 5.41) is 5.36. The highest BCUT2D eigenvalue weighted by Gasteiger charge is 2.14. The number of hydrogen-bond acceptors (Lipinski definition) is 3. The van der Waals surface area contributed by atoms with Gasteiger partial charge >= 0.3 is 0 Å². The van der Waals surface area contributed by atoms with E-state index in [0.29, 0.717) is 6.04 Å². The molecule has 1 atom stereocenters. The van der Waals surface area contributed by atoms with Crippen molar-refractivity contribution in [2.75, 3.05) is 14.2 Å². The van der Waals surface area contributed by atoms with Gasteiger partial charge in [0.15, 0.2) is 0 Å². The van der Waals surface area contributed by atoms with Crippen molar-refractivity contribution >= 4 is 11.3 Å². The highest BCUT2D eigenvalue weighted by Crippen LogP contribution is 2.32. The Labute approximate surface area is 89.6 Å². The van der Waals surface area contributed by atoms with Crippen LogP contribution in [0.4, 0.5) is 0 Å². The summed E-state index contributed by atoms with van der Waals surface area (Å²) in [4.78, 5) is 1.27. The van der Waals surface area contributed by atoms with Gasteiger partial charge in [0.2, 0.25) is 0 Å². The van der Waals surface area contributed by atoms with Gasteiger partial charge in [0.05, 0.1) is 12.0 Å². The van der Waals surface area contributed by atoms with Crippen molar-refractivity contribution in [2.45, 2.75) is 18.9 Å². The van der Waals surface area contributed by atoms with Crippen LogP contribution in [0.2, 0.25) is 0 Å². The minimum Gasteiger partial charge on any atom is -0.496 e. The van der Waals surface area contributed by atoms with E-state index in [-0.39, 0.29) is 0 Å². The topological polar surface area (TPSA) is 21.3 Å². The molecule has 0 saturated heterocycles. The molecule has 2 nitrogen and oxygen atoms in total. The second kappa shape index (κ2) is 5.83. The summed E-state index contributed by atoms with van der Waals surface area (Å²) < 4.78 is 5.29. The largest absolute Gasteiger partial charge is 0.496 e. The summed E-state index contributed by atoms with van der Waals surface area (Å²) in [6, 6.07) is 2.39. The lowest BCUT2D eigenvalue weighted by Crippen LogP contribution is -2.15. The predicted molar refractivity (Wildman–Crippen MR) is 62.1 cm³/mol. The molecule has 0 fully saturated rings. The van der Waals surface area contributed by atoms with Crippen LogP contribution in [0.1, 0.15) is 23.8 Å². The van der Waals surface area contributed by atoms with Crippen molar-refractivity contribution < 1.29 is 4.74 Å². The zero-order chi connectivity index (χ0) is 10.4. The Balaban J connectivity index is 2.72. The molecule has 0 radical (unpaired) electrons. The Morgan fingerprint density at radius 2 is 2.50 bits per heavy atom. The van der Waals surface area contributed by atoms with Gasteiger partial charge in [-0.2, -0.15) is 0 Å². The van der Waals surface area contributed by atoms with Crippen LogP contribution in [-0.4, -0.2) is 14.2 Å². The number of rotatable bonds is 6. The third kappa shape index (κ3) is 2.59. The van der Waals surface area contributed by atoms with E-state index >= 15 is 0 Å². The molecule has 0 aliphatic rings.